The Labute approximate surface area is 199 Å². The second kappa shape index (κ2) is 9.65. The van der Waals surface area contributed by atoms with Gasteiger partial charge < -0.3 is 20.6 Å². The maximum atomic E-state index is 12.9. The second-order valence-corrected chi connectivity index (χ2v) is 8.67. The van der Waals surface area contributed by atoms with Gasteiger partial charge in [-0.1, -0.05) is 49.4 Å². The van der Waals surface area contributed by atoms with Crippen LogP contribution in [0, 0.1) is 5.41 Å². The molecule has 176 valence electrons. The summed E-state index contributed by atoms with van der Waals surface area (Å²) < 4.78 is 0. The predicted molar refractivity (Wildman–Crippen MR) is 135 cm³/mol. The molecule has 0 bridgehead atoms. The first kappa shape index (κ1) is 23.4. The molecule has 2 aromatic rings. The number of nitrogens with zero attached hydrogens (tertiary/aromatic N) is 2. The molecule has 1 aliphatic heterocycles. The third-order valence-electron chi connectivity index (χ3n) is 6.70. The van der Waals surface area contributed by atoms with Gasteiger partial charge in [-0.05, 0) is 35.9 Å². The number of likely N-dealkylation sites (N-methyl/N-ethyl adjacent to an activating group) is 1. The molecular weight excluding hydrogens is 428 g/mol. The van der Waals surface area contributed by atoms with Gasteiger partial charge in [-0.25, -0.2) is 4.98 Å². The normalized spacial score (nSPS) is 19.9. The van der Waals surface area contributed by atoms with Gasteiger partial charge in [0.15, 0.2) is 0 Å². The van der Waals surface area contributed by atoms with Crippen molar-refractivity contribution in [2.75, 3.05) is 32.6 Å². The number of pyridine rings is 1. The lowest BCUT2D eigenvalue weighted by Gasteiger charge is -2.29. The topological polar surface area (TPSA) is 94.6 Å². The molecule has 7 nitrogen and oxygen atoms in total. The second-order valence-electron chi connectivity index (χ2n) is 8.67. The summed E-state index contributed by atoms with van der Waals surface area (Å²) in [5.74, 6) is 0.144. The van der Waals surface area contributed by atoms with Gasteiger partial charge in [-0.2, -0.15) is 0 Å². The summed E-state index contributed by atoms with van der Waals surface area (Å²) >= 11 is 0. The van der Waals surface area contributed by atoms with E-state index >= 15 is 0 Å². The third kappa shape index (κ3) is 4.39. The highest BCUT2D eigenvalue weighted by atomic mass is 16.3. The van der Waals surface area contributed by atoms with Crippen LogP contribution in [0.2, 0.25) is 0 Å². The number of carbonyl (C=O) groups is 2. The van der Waals surface area contributed by atoms with Gasteiger partial charge in [0.2, 0.25) is 5.91 Å². The average Bonchev–Trinajstić information content (AvgIpc) is 2.87. The highest BCUT2D eigenvalue weighted by Gasteiger charge is 2.34. The van der Waals surface area contributed by atoms with Gasteiger partial charge in [0.1, 0.15) is 5.82 Å². The minimum absolute atomic E-state index is 0.0340. The summed E-state index contributed by atoms with van der Waals surface area (Å²) in [5, 5.41) is 17.3. The van der Waals surface area contributed by atoms with E-state index in [-0.39, 0.29) is 18.4 Å². The Morgan fingerprint density at radius 3 is 2.71 bits per heavy atom. The molecule has 0 saturated carbocycles. The number of amides is 2. The van der Waals surface area contributed by atoms with Crippen LogP contribution >= 0.6 is 0 Å². The van der Waals surface area contributed by atoms with E-state index in [0.717, 1.165) is 34.2 Å². The Morgan fingerprint density at radius 1 is 1.21 bits per heavy atom. The lowest BCUT2D eigenvalue weighted by molar-refractivity contribution is -0.128. The van der Waals surface area contributed by atoms with Crippen molar-refractivity contribution in [3.63, 3.8) is 0 Å². The zero-order valence-corrected chi connectivity index (χ0v) is 19.8. The van der Waals surface area contributed by atoms with Gasteiger partial charge >= 0.3 is 0 Å². The molecule has 1 aliphatic carbocycles. The van der Waals surface area contributed by atoms with Crippen LogP contribution in [0.1, 0.15) is 25.3 Å². The third-order valence-corrected chi connectivity index (χ3v) is 6.70. The fourth-order valence-electron chi connectivity index (χ4n) is 4.46. The maximum Gasteiger partial charge on any atom is 0.256 e. The van der Waals surface area contributed by atoms with Crippen molar-refractivity contribution in [2.24, 2.45) is 5.41 Å². The number of anilines is 1. The molecule has 7 heteroatoms. The van der Waals surface area contributed by atoms with Crippen molar-refractivity contribution in [1.29, 1.82) is 0 Å². The monoisotopic (exact) mass is 458 g/mol. The zero-order valence-electron chi connectivity index (χ0n) is 19.8. The van der Waals surface area contributed by atoms with Gasteiger partial charge in [0, 0.05) is 49.1 Å². The first-order chi connectivity index (χ1) is 16.4. The van der Waals surface area contributed by atoms with E-state index in [2.05, 4.69) is 21.7 Å². The SMILES string of the molecule is CCC1(C(=O)NC)C=CC(C(=O)Nc2cc3cc(C4=C(CO)N(C)CC=C4)ccc3cn2)=CC1. The van der Waals surface area contributed by atoms with Crippen LogP contribution in [0.5, 0.6) is 0 Å². The van der Waals surface area contributed by atoms with E-state index in [1.165, 1.54) is 0 Å². The van der Waals surface area contributed by atoms with E-state index < -0.39 is 5.41 Å². The average molecular weight is 459 g/mol. The number of fused-ring (bicyclic) bond motifs is 1. The Balaban J connectivity index is 1.56. The molecule has 1 aromatic heterocycles. The molecule has 0 radical (unpaired) electrons. The minimum atomic E-state index is -0.611. The fraction of sp³-hybridized carbons (Fsp3) is 0.296. The summed E-state index contributed by atoms with van der Waals surface area (Å²) in [6, 6.07) is 7.89. The number of allylic oxidation sites excluding steroid dienone is 3. The molecule has 4 rings (SSSR count). The summed E-state index contributed by atoms with van der Waals surface area (Å²) in [7, 11) is 3.58. The molecule has 0 spiro atoms. The molecule has 0 fully saturated rings. The van der Waals surface area contributed by atoms with Crippen molar-refractivity contribution in [3.05, 3.63) is 77.7 Å². The van der Waals surface area contributed by atoms with Crippen molar-refractivity contribution in [2.45, 2.75) is 19.8 Å². The summed E-state index contributed by atoms with van der Waals surface area (Å²) in [4.78, 5) is 31.6. The molecule has 1 atom stereocenters. The Morgan fingerprint density at radius 2 is 2.03 bits per heavy atom. The van der Waals surface area contributed by atoms with Gasteiger partial charge in [-0.3, -0.25) is 9.59 Å². The Kier molecular flexibility index (Phi) is 6.65. The lowest BCUT2D eigenvalue weighted by Crippen LogP contribution is -2.38. The largest absolute Gasteiger partial charge is 0.390 e. The van der Waals surface area contributed by atoms with Gasteiger partial charge in [0.25, 0.3) is 5.91 Å². The van der Waals surface area contributed by atoms with Crippen molar-refractivity contribution < 1.29 is 14.7 Å². The highest BCUT2D eigenvalue weighted by molar-refractivity contribution is 6.06. The molecule has 34 heavy (non-hydrogen) atoms. The predicted octanol–water partition coefficient (Wildman–Crippen LogP) is 3.41. The van der Waals surface area contributed by atoms with Crippen LogP contribution in [0.3, 0.4) is 0 Å². The van der Waals surface area contributed by atoms with E-state index in [1.807, 2.05) is 61.4 Å². The quantitative estimate of drug-likeness (QED) is 0.617. The van der Waals surface area contributed by atoms with Crippen LogP contribution in [-0.4, -0.2) is 54.1 Å². The first-order valence-electron chi connectivity index (χ1n) is 11.5. The van der Waals surface area contributed by atoms with Gasteiger partial charge in [0.05, 0.1) is 12.0 Å². The molecule has 2 heterocycles. The highest BCUT2D eigenvalue weighted by Crippen LogP contribution is 2.34. The number of rotatable bonds is 6. The number of aliphatic hydroxyl groups excluding tert-OH is 1. The zero-order chi connectivity index (χ0) is 24.3. The van der Waals surface area contributed by atoms with Gasteiger partial charge in [-0.15, -0.1) is 0 Å². The number of carbonyl (C=O) groups excluding carboxylic acids is 2. The number of hydrogen-bond donors (Lipinski definition) is 3. The van der Waals surface area contributed by atoms with Crippen LogP contribution in [-0.2, 0) is 9.59 Å². The van der Waals surface area contributed by atoms with Crippen LogP contribution in [0.25, 0.3) is 16.3 Å². The number of nitrogens with one attached hydrogen (secondary N) is 2. The van der Waals surface area contributed by atoms with E-state index in [0.29, 0.717) is 24.2 Å². The van der Waals surface area contributed by atoms with Crippen molar-refractivity contribution >= 4 is 34.0 Å². The van der Waals surface area contributed by atoms with Crippen LogP contribution in [0.15, 0.2) is 72.1 Å². The van der Waals surface area contributed by atoms with Crippen molar-refractivity contribution in [3.8, 4) is 0 Å². The molecule has 1 aromatic carbocycles. The number of aliphatic hydroxyl groups is 1. The fourth-order valence-corrected chi connectivity index (χ4v) is 4.46. The lowest BCUT2D eigenvalue weighted by atomic mass is 9.77. The molecule has 2 aliphatic rings. The summed E-state index contributed by atoms with van der Waals surface area (Å²) in [6.07, 6.45) is 12.3. The molecule has 1 unspecified atom stereocenters. The van der Waals surface area contributed by atoms with Crippen LogP contribution in [0.4, 0.5) is 5.82 Å². The summed E-state index contributed by atoms with van der Waals surface area (Å²) in [6.45, 7) is 2.69. The van der Waals surface area contributed by atoms with E-state index in [4.69, 9.17) is 0 Å². The number of aromatic nitrogens is 1. The molecular formula is C27H30N4O3. The standard InChI is InChI=1S/C27H30N4O3/c1-4-27(26(34)28-2)11-9-18(10-12-27)25(33)30-24-15-21-14-19(7-8-20(21)16-29-24)22-6-5-13-31(3)23(22)17-32/h5-11,14-16,32H,4,12-13,17H2,1-3H3,(H,28,34)(H,29,30,33). The number of hydrogen-bond acceptors (Lipinski definition) is 5. The first-order valence-corrected chi connectivity index (χ1v) is 11.5. The molecule has 3 N–H and O–H groups in total. The molecule has 0 saturated heterocycles. The van der Waals surface area contributed by atoms with E-state index in [9.17, 15) is 14.7 Å². The minimum Gasteiger partial charge on any atom is -0.390 e. The Hall–Kier alpha value is -3.71. The van der Waals surface area contributed by atoms with E-state index in [1.54, 1.807) is 19.3 Å². The Bertz CT molecular complexity index is 1260. The summed E-state index contributed by atoms with van der Waals surface area (Å²) in [5.41, 5.74) is 2.75. The van der Waals surface area contributed by atoms with Crippen LogP contribution < -0.4 is 10.6 Å². The number of benzene rings is 1. The van der Waals surface area contributed by atoms with Crippen molar-refractivity contribution in [1.82, 2.24) is 15.2 Å². The smallest absolute Gasteiger partial charge is 0.256 e. The maximum absolute atomic E-state index is 12.9. The molecule has 2 amide bonds.